The summed E-state index contributed by atoms with van der Waals surface area (Å²) in [7, 11) is 0. The normalized spacial score (nSPS) is 6.00. The van der Waals surface area contributed by atoms with Crippen molar-refractivity contribution in [2.24, 2.45) is 11.5 Å². The summed E-state index contributed by atoms with van der Waals surface area (Å²) in [6.45, 7) is 1.88. The molecule has 0 aromatic heterocycles. The third-order valence-corrected chi connectivity index (χ3v) is 0.136. The van der Waals surface area contributed by atoms with Gasteiger partial charge in [0.05, 0.1) is 0 Å². The van der Waals surface area contributed by atoms with Gasteiger partial charge in [0.15, 0.2) is 0 Å². The number of nitrogens with two attached hydrogens (primary N) is 2. The van der Waals surface area contributed by atoms with Crippen molar-refractivity contribution in [2.45, 2.75) is 0 Å². The zero-order valence-electron chi connectivity index (χ0n) is 2.94. The molecule has 0 saturated carbocycles. The molecule has 0 aliphatic carbocycles. The van der Waals surface area contributed by atoms with Crippen LogP contribution in [0.15, 0.2) is 0 Å². The Balaban J connectivity index is 0. The zero-order valence-corrected chi connectivity index (χ0v) is 6.08. The molecule has 0 spiro atoms. The van der Waals surface area contributed by atoms with Crippen LogP contribution in [0.25, 0.3) is 0 Å². The maximum Gasteiger partial charge on any atom is 0 e. The van der Waals surface area contributed by atoms with E-state index in [9.17, 15) is 0 Å². The fourth-order valence-corrected chi connectivity index (χ4v) is 0. The molecule has 0 rings (SSSR count). The Morgan fingerprint density at radius 2 is 1.80 bits per heavy atom. The summed E-state index contributed by atoms with van der Waals surface area (Å²) in [4.78, 5) is 0. The first-order chi connectivity index (χ1) is 1.91. The first-order valence-corrected chi connectivity index (χ1v) is 1.15. The van der Waals surface area contributed by atoms with Crippen LogP contribution in [-0.2, 0) is 0 Å². The third kappa shape index (κ3) is 10.9. The van der Waals surface area contributed by atoms with Crippen molar-refractivity contribution >= 4 is 0 Å². The van der Waals surface area contributed by atoms with Gasteiger partial charge >= 0.3 is 0 Å². The Kier molecular flexibility index (Phi) is 17.2. The average Bonchev–Trinajstić information content (AvgIpc) is 1.37. The first-order valence-electron chi connectivity index (χ1n) is 1.15. The van der Waals surface area contributed by atoms with E-state index < -0.39 is 0 Å². The minimum atomic E-state index is 0. The van der Waals surface area contributed by atoms with Gasteiger partial charge < -0.3 is 11.5 Å². The van der Waals surface area contributed by atoms with Crippen LogP contribution in [0.5, 0.6) is 0 Å². The Hall–Kier alpha value is 1.30. The van der Waals surface area contributed by atoms with Gasteiger partial charge in [-0.15, -0.1) is 6.54 Å². The van der Waals surface area contributed by atoms with E-state index in [2.05, 4.69) is 0 Å². The molecule has 4 N–H and O–H groups in total. The molecule has 0 saturated heterocycles. The molecule has 0 heterocycles. The van der Waals surface area contributed by atoms with Gasteiger partial charge in [0.2, 0.25) is 0 Å². The topological polar surface area (TPSA) is 52.0 Å². The van der Waals surface area contributed by atoms with Gasteiger partial charge in [-0.05, 0) is 0 Å². The van der Waals surface area contributed by atoms with Crippen LogP contribution < -0.4 is 11.5 Å². The van der Waals surface area contributed by atoms with Crippen molar-refractivity contribution in [3.05, 3.63) is 6.54 Å². The van der Waals surface area contributed by atoms with E-state index >= 15 is 0 Å². The van der Waals surface area contributed by atoms with Crippen LogP contribution >= 0.6 is 0 Å². The van der Waals surface area contributed by atoms with Gasteiger partial charge in [0.1, 0.15) is 0 Å². The van der Waals surface area contributed by atoms with Gasteiger partial charge in [-0.3, -0.25) is 6.54 Å². The van der Waals surface area contributed by atoms with Gasteiger partial charge in [0, 0.05) is 41.7 Å². The van der Waals surface area contributed by atoms with Gasteiger partial charge in [0.25, 0.3) is 0 Å². The van der Waals surface area contributed by atoms with E-state index in [4.69, 9.17) is 11.5 Å². The average molecular weight is 199 g/mol. The molecule has 0 bridgehead atoms. The summed E-state index contributed by atoms with van der Waals surface area (Å²) in [5.74, 6) is 0. The third-order valence-electron chi connectivity index (χ3n) is 0.136. The number of hydrogen-bond acceptors (Lipinski definition) is 2. The predicted octanol–water partition coefficient (Wildman–Crippen LogP) is -0.934. The summed E-state index contributed by atoms with van der Waals surface area (Å²) in [6, 6.07) is 0. The Morgan fingerprint density at radius 1 is 1.60 bits per heavy atom. The molecule has 0 radical (unpaired) electrons. The maximum atomic E-state index is 4.85. The summed E-state index contributed by atoms with van der Waals surface area (Å²) in [5, 5.41) is 0. The van der Waals surface area contributed by atoms with Gasteiger partial charge in [-0.25, -0.2) is 0 Å². The molecule has 3 heteroatoms. The monoisotopic (exact) mass is 199 g/mol. The molecule has 0 aromatic rings. The van der Waals surface area contributed by atoms with Crippen LogP contribution in [0.2, 0.25) is 0 Å². The fraction of sp³-hybridized carbons (Fsp3) is 0.500. The molecule has 0 aromatic carbocycles. The minimum Gasteiger partial charge on any atom is -0.482 e. The predicted molar refractivity (Wildman–Crippen MR) is 17.5 cm³/mol. The van der Waals surface area contributed by atoms with Crippen molar-refractivity contribution < 1.29 is 41.7 Å². The number of rotatable bonds is 1. The molecule has 0 unspecified atom stereocenters. The Morgan fingerprint density at radius 3 is 1.80 bits per heavy atom. The SMILES string of the molecule is N[CH-]CN.[Ce]. The maximum absolute atomic E-state index is 4.85. The quantitative estimate of drug-likeness (QED) is 0.536. The number of hydrogen-bond donors (Lipinski definition) is 2. The molecule has 5 heavy (non-hydrogen) atoms. The molecule has 0 aliphatic rings. The van der Waals surface area contributed by atoms with Crippen LogP contribution in [0.1, 0.15) is 0 Å². The molecule has 0 atom stereocenters. The van der Waals surface area contributed by atoms with E-state index in [0.717, 1.165) is 0 Å². The zero-order chi connectivity index (χ0) is 3.41. The molecule has 30 valence electrons. The van der Waals surface area contributed by atoms with E-state index in [1.54, 1.807) is 0 Å². The Bertz CT molecular complexity index is 9.61. The molecule has 0 fully saturated rings. The van der Waals surface area contributed by atoms with Crippen molar-refractivity contribution in [3.63, 3.8) is 0 Å². The standard InChI is InChI=1S/C2H7N2.Ce/c3-1-2-4;/h1H,2-4H2;/q-1;. The molecular formula is C2H7CeN2-. The molecule has 2 nitrogen and oxygen atoms in total. The van der Waals surface area contributed by atoms with E-state index in [0.29, 0.717) is 6.54 Å². The van der Waals surface area contributed by atoms with E-state index in [-0.39, 0.29) is 41.7 Å². The minimum absolute atomic E-state index is 0. The molecule has 0 aliphatic heterocycles. The van der Waals surface area contributed by atoms with Crippen molar-refractivity contribution in [3.8, 4) is 0 Å². The van der Waals surface area contributed by atoms with Crippen molar-refractivity contribution in [2.75, 3.05) is 6.54 Å². The fourth-order valence-electron chi connectivity index (χ4n) is 0. The summed E-state index contributed by atoms with van der Waals surface area (Å²) >= 11 is 0. The second-order valence-electron chi connectivity index (χ2n) is 0.471. The summed E-state index contributed by atoms with van der Waals surface area (Å²) in [5.41, 5.74) is 9.62. The van der Waals surface area contributed by atoms with Gasteiger partial charge in [-0.2, -0.15) is 0 Å². The van der Waals surface area contributed by atoms with Crippen LogP contribution in [0.4, 0.5) is 0 Å². The molecule has 0 amide bonds. The second kappa shape index (κ2) is 9.00. The largest absolute Gasteiger partial charge is 0.482 e. The van der Waals surface area contributed by atoms with E-state index in [1.807, 2.05) is 0 Å². The van der Waals surface area contributed by atoms with Crippen LogP contribution in [0, 0.1) is 48.3 Å². The second-order valence-corrected chi connectivity index (χ2v) is 0.471. The van der Waals surface area contributed by atoms with Crippen LogP contribution in [0.3, 0.4) is 0 Å². The van der Waals surface area contributed by atoms with E-state index in [1.165, 1.54) is 6.54 Å². The summed E-state index contributed by atoms with van der Waals surface area (Å²) in [6.07, 6.45) is 0. The van der Waals surface area contributed by atoms with Gasteiger partial charge in [-0.1, -0.05) is 0 Å². The first kappa shape index (κ1) is 9.57. The van der Waals surface area contributed by atoms with Crippen molar-refractivity contribution in [1.29, 1.82) is 0 Å². The smallest absolute Gasteiger partial charge is 0 e. The van der Waals surface area contributed by atoms with Crippen LogP contribution in [-0.4, -0.2) is 6.54 Å². The molecular weight excluding hydrogens is 192 g/mol. The Labute approximate surface area is 65.7 Å². The van der Waals surface area contributed by atoms with Crippen molar-refractivity contribution in [1.82, 2.24) is 0 Å². The summed E-state index contributed by atoms with van der Waals surface area (Å²) < 4.78 is 0.